The van der Waals surface area contributed by atoms with Crippen molar-refractivity contribution in [2.45, 2.75) is 6.36 Å². The van der Waals surface area contributed by atoms with Crippen LogP contribution in [0.15, 0.2) is 23.6 Å². The Bertz CT molecular complexity index is 446. The number of thiophene rings is 1. The minimum absolute atomic E-state index is 0.198. The van der Waals surface area contributed by atoms with Crippen molar-refractivity contribution < 1.29 is 17.9 Å². The van der Waals surface area contributed by atoms with Crippen molar-refractivity contribution in [1.29, 1.82) is 0 Å². The van der Waals surface area contributed by atoms with Crippen LogP contribution in [0.2, 0.25) is 0 Å². The number of hydrogen-bond donors (Lipinski definition) is 0. The van der Waals surface area contributed by atoms with Gasteiger partial charge in [-0.2, -0.15) is 0 Å². The van der Waals surface area contributed by atoms with Gasteiger partial charge in [-0.1, -0.05) is 12.1 Å². The van der Waals surface area contributed by atoms with Gasteiger partial charge in [-0.15, -0.1) is 24.5 Å². The first-order valence-corrected chi connectivity index (χ1v) is 4.58. The molecule has 0 bridgehead atoms. The fourth-order valence-electron chi connectivity index (χ4n) is 1.12. The van der Waals surface area contributed by atoms with Gasteiger partial charge in [0.05, 0.1) is 5.38 Å². The van der Waals surface area contributed by atoms with E-state index in [1.165, 1.54) is 23.5 Å². The van der Waals surface area contributed by atoms with Gasteiger partial charge in [0.2, 0.25) is 0 Å². The fourth-order valence-corrected chi connectivity index (χ4v) is 1.84. The first kappa shape index (κ1) is 9.33. The summed E-state index contributed by atoms with van der Waals surface area (Å²) in [7, 11) is 0. The maximum Gasteiger partial charge on any atom is 0.573 e. The van der Waals surface area contributed by atoms with Crippen molar-refractivity contribution in [3.63, 3.8) is 0 Å². The smallest absolute Gasteiger partial charge is 0.405 e. The highest BCUT2D eigenvalue weighted by molar-refractivity contribution is 7.08. The van der Waals surface area contributed by atoms with E-state index < -0.39 is 6.36 Å². The number of halogens is 3. The van der Waals surface area contributed by atoms with Crippen molar-refractivity contribution in [2.75, 3.05) is 0 Å². The summed E-state index contributed by atoms with van der Waals surface area (Å²) in [6, 6.07) is 4.51. The maximum atomic E-state index is 11.9. The molecule has 1 heterocycles. The van der Waals surface area contributed by atoms with Crippen LogP contribution < -0.4 is 4.74 Å². The molecular weight excluding hydrogens is 213 g/mol. The Morgan fingerprint density at radius 2 is 2.07 bits per heavy atom. The lowest BCUT2D eigenvalue weighted by molar-refractivity contribution is -0.274. The highest BCUT2D eigenvalue weighted by Crippen LogP contribution is 2.31. The number of ether oxygens (including phenoxy) is 1. The van der Waals surface area contributed by atoms with Crippen molar-refractivity contribution in [3.8, 4) is 5.75 Å². The van der Waals surface area contributed by atoms with Crippen molar-refractivity contribution in [1.82, 2.24) is 0 Å². The van der Waals surface area contributed by atoms with Gasteiger partial charge in [0.25, 0.3) is 0 Å². The molecule has 0 spiro atoms. The number of hydrogen-bond acceptors (Lipinski definition) is 2. The molecule has 0 aliphatic carbocycles. The first-order valence-electron chi connectivity index (χ1n) is 3.70. The Balaban J connectivity index is 2.46. The number of benzene rings is 1. The summed E-state index contributed by atoms with van der Waals surface area (Å²) < 4.78 is 39.7. The number of fused-ring (bicyclic) bond motifs is 1. The molecule has 0 saturated heterocycles. The summed E-state index contributed by atoms with van der Waals surface area (Å²) in [5, 5.41) is 5.52. The standard InChI is InChI=1S/C9H4F3OS/c10-9(11,12)13-8-3-1-2-6-4-14-5-7(6)8/h1-4H. The van der Waals surface area contributed by atoms with E-state index in [0.29, 0.717) is 10.8 Å². The second kappa shape index (κ2) is 3.16. The molecule has 1 nitrogen and oxygen atoms in total. The van der Waals surface area contributed by atoms with E-state index in [9.17, 15) is 13.2 Å². The lowest BCUT2D eigenvalue weighted by Crippen LogP contribution is -2.17. The van der Waals surface area contributed by atoms with E-state index in [1.807, 2.05) is 0 Å². The quantitative estimate of drug-likeness (QED) is 0.709. The molecule has 14 heavy (non-hydrogen) atoms. The van der Waals surface area contributed by atoms with Gasteiger partial charge in [-0.3, -0.25) is 0 Å². The summed E-state index contributed by atoms with van der Waals surface area (Å²) >= 11 is 1.22. The van der Waals surface area contributed by atoms with Crippen LogP contribution in [0.1, 0.15) is 0 Å². The summed E-state index contributed by atoms with van der Waals surface area (Å²) in [6.07, 6.45) is -4.65. The molecule has 0 saturated carbocycles. The van der Waals surface area contributed by atoms with E-state index in [-0.39, 0.29) is 5.75 Å². The Hall–Kier alpha value is -1.23. The largest absolute Gasteiger partial charge is 0.573 e. The predicted molar refractivity (Wildman–Crippen MR) is 47.3 cm³/mol. The summed E-state index contributed by atoms with van der Waals surface area (Å²) in [5.41, 5.74) is 0. The molecule has 0 atom stereocenters. The molecule has 1 aromatic heterocycles. The van der Waals surface area contributed by atoms with Crippen LogP contribution in [-0.2, 0) is 0 Å². The van der Waals surface area contributed by atoms with Gasteiger partial charge in [-0.25, -0.2) is 0 Å². The van der Waals surface area contributed by atoms with E-state index >= 15 is 0 Å². The van der Waals surface area contributed by atoms with Gasteiger partial charge < -0.3 is 4.74 Å². The summed E-state index contributed by atoms with van der Waals surface area (Å²) in [6.45, 7) is 0. The van der Waals surface area contributed by atoms with Crippen LogP contribution in [0.25, 0.3) is 10.8 Å². The zero-order chi connectivity index (χ0) is 10.2. The third-order valence-corrected chi connectivity index (χ3v) is 2.32. The SMILES string of the molecule is FC(F)(F)Oc1cccc2cs[c]c12. The lowest BCUT2D eigenvalue weighted by atomic mass is 10.2. The van der Waals surface area contributed by atoms with E-state index in [2.05, 4.69) is 10.1 Å². The molecule has 0 aliphatic rings. The van der Waals surface area contributed by atoms with Gasteiger partial charge in [0, 0.05) is 5.39 Å². The molecule has 2 aromatic rings. The van der Waals surface area contributed by atoms with Crippen LogP contribution in [0.5, 0.6) is 5.75 Å². The Labute approximate surface area is 81.7 Å². The monoisotopic (exact) mass is 217 g/mol. The second-order valence-corrected chi connectivity index (χ2v) is 3.28. The van der Waals surface area contributed by atoms with Crippen LogP contribution in [0.3, 0.4) is 0 Å². The van der Waals surface area contributed by atoms with E-state index in [0.717, 1.165) is 0 Å². The van der Waals surface area contributed by atoms with E-state index in [4.69, 9.17) is 0 Å². The third kappa shape index (κ3) is 1.82. The maximum absolute atomic E-state index is 11.9. The Kier molecular flexibility index (Phi) is 2.11. The molecule has 0 amide bonds. The number of alkyl halides is 3. The average molecular weight is 217 g/mol. The fraction of sp³-hybridized carbons (Fsp3) is 0.111. The van der Waals surface area contributed by atoms with Crippen LogP contribution in [-0.4, -0.2) is 6.36 Å². The van der Waals surface area contributed by atoms with Crippen molar-refractivity contribution in [2.24, 2.45) is 0 Å². The summed E-state index contributed by atoms with van der Waals surface area (Å²) in [4.78, 5) is 0. The zero-order valence-electron chi connectivity index (χ0n) is 6.76. The van der Waals surface area contributed by atoms with Crippen LogP contribution >= 0.6 is 11.3 Å². The molecular formula is C9H4F3OS. The van der Waals surface area contributed by atoms with Gasteiger partial charge in [-0.05, 0) is 16.8 Å². The van der Waals surface area contributed by atoms with Crippen LogP contribution in [0, 0.1) is 5.38 Å². The molecule has 1 radical (unpaired) electrons. The molecule has 0 fully saturated rings. The Morgan fingerprint density at radius 1 is 1.29 bits per heavy atom. The third-order valence-electron chi connectivity index (χ3n) is 1.63. The highest BCUT2D eigenvalue weighted by Gasteiger charge is 2.31. The molecule has 0 N–H and O–H groups in total. The Morgan fingerprint density at radius 3 is 2.79 bits per heavy atom. The molecule has 73 valence electrons. The lowest BCUT2D eigenvalue weighted by Gasteiger charge is -2.09. The minimum Gasteiger partial charge on any atom is -0.405 e. The zero-order valence-corrected chi connectivity index (χ0v) is 7.58. The highest BCUT2D eigenvalue weighted by atomic mass is 32.1. The van der Waals surface area contributed by atoms with Gasteiger partial charge in [0.15, 0.2) is 0 Å². The van der Waals surface area contributed by atoms with Gasteiger partial charge in [0.1, 0.15) is 5.75 Å². The molecule has 0 aliphatic heterocycles. The molecule has 2 rings (SSSR count). The van der Waals surface area contributed by atoms with Crippen molar-refractivity contribution in [3.05, 3.63) is 29.0 Å². The number of rotatable bonds is 1. The van der Waals surface area contributed by atoms with Gasteiger partial charge >= 0.3 is 6.36 Å². The normalized spacial score (nSPS) is 11.9. The minimum atomic E-state index is -4.65. The second-order valence-electron chi connectivity index (χ2n) is 2.61. The molecule has 5 heteroatoms. The van der Waals surface area contributed by atoms with Crippen molar-refractivity contribution >= 4 is 22.1 Å². The first-order chi connectivity index (χ1) is 6.56. The van der Waals surface area contributed by atoms with Crippen LogP contribution in [0.4, 0.5) is 13.2 Å². The topological polar surface area (TPSA) is 9.23 Å². The van der Waals surface area contributed by atoms with E-state index in [1.54, 1.807) is 11.4 Å². The average Bonchev–Trinajstić information content (AvgIpc) is 2.49. The summed E-state index contributed by atoms with van der Waals surface area (Å²) in [5.74, 6) is -0.198. The molecule has 1 aromatic carbocycles. The predicted octanol–water partition coefficient (Wildman–Crippen LogP) is 3.60. The molecule has 0 unspecified atom stereocenters.